The maximum atomic E-state index is 11.4. The van der Waals surface area contributed by atoms with Crippen LogP contribution < -0.4 is 0 Å². The summed E-state index contributed by atoms with van der Waals surface area (Å²) in [4.78, 5) is 11.4. The molecular formula is C12H15ClO. The summed E-state index contributed by atoms with van der Waals surface area (Å²) in [7, 11) is 0. The average Bonchev–Trinajstić information content (AvgIpc) is 2.27. The molecule has 14 heavy (non-hydrogen) atoms. The summed E-state index contributed by atoms with van der Waals surface area (Å²) in [6.07, 6.45) is 0.553. The van der Waals surface area contributed by atoms with Crippen molar-refractivity contribution in [3.8, 4) is 0 Å². The third-order valence-electron chi connectivity index (χ3n) is 2.41. The minimum Gasteiger partial charge on any atom is -0.299 e. The van der Waals surface area contributed by atoms with Crippen LogP contribution in [0.15, 0.2) is 30.3 Å². The molecule has 0 saturated heterocycles. The van der Waals surface area contributed by atoms with Gasteiger partial charge in [0.15, 0.2) is 0 Å². The molecule has 1 rings (SSSR count). The van der Waals surface area contributed by atoms with Crippen LogP contribution in [0, 0.1) is 5.92 Å². The Morgan fingerprint density at radius 2 is 1.93 bits per heavy atom. The molecule has 1 aromatic carbocycles. The van der Waals surface area contributed by atoms with E-state index >= 15 is 0 Å². The molecule has 0 radical (unpaired) electrons. The molecule has 0 saturated carbocycles. The standard InChI is InChI=1S/C12H15ClO/c1-3-11(14)9(2)12(13)10-7-5-4-6-8-10/h4-9,12H,3H2,1-2H3. The summed E-state index contributed by atoms with van der Waals surface area (Å²) < 4.78 is 0. The Morgan fingerprint density at radius 3 is 2.43 bits per heavy atom. The van der Waals surface area contributed by atoms with Gasteiger partial charge in [-0.15, -0.1) is 11.6 Å². The Labute approximate surface area is 90.1 Å². The zero-order chi connectivity index (χ0) is 10.6. The maximum Gasteiger partial charge on any atom is 0.137 e. The Balaban J connectivity index is 2.75. The van der Waals surface area contributed by atoms with Gasteiger partial charge in [-0.25, -0.2) is 0 Å². The lowest BCUT2D eigenvalue weighted by Gasteiger charge is -2.16. The van der Waals surface area contributed by atoms with Gasteiger partial charge in [0.1, 0.15) is 5.78 Å². The van der Waals surface area contributed by atoms with E-state index in [0.29, 0.717) is 6.42 Å². The van der Waals surface area contributed by atoms with Crippen LogP contribution in [0.1, 0.15) is 31.2 Å². The van der Waals surface area contributed by atoms with Crippen molar-refractivity contribution in [1.82, 2.24) is 0 Å². The first-order valence-corrected chi connectivity index (χ1v) is 5.32. The molecule has 0 N–H and O–H groups in total. The van der Waals surface area contributed by atoms with Crippen LogP contribution in [0.4, 0.5) is 0 Å². The zero-order valence-corrected chi connectivity index (χ0v) is 9.29. The Bertz CT molecular complexity index is 294. The maximum absolute atomic E-state index is 11.4. The number of ketones is 1. The van der Waals surface area contributed by atoms with E-state index in [4.69, 9.17) is 11.6 Å². The average molecular weight is 211 g/mol. The molecule has 0 aliphatic carbocycles. The van der Waals surface area contributed by atoms with Crippen molar-refractivity contribution in [1.29, 1.82) is 0 Å². The third kappa shape index (κ3) is 2.58. The fraction of sp³-hybridized carbons (Fsp3) is 0.417. The van der Waals surface area contributed by atoms with Gasteiger partial charge >= 0.3 is 0 Å². The van der Waals surface area contributed by atoms with Gasteiger partial charge in [0.05, 0.1) is 5.38 Å². The summed E-state index contributed by atoms with van der Waals surface area (Å²) >= 11 is 6.21. The number of benzene rings is 1. The molecule has 2 unspecified atom stereocenters. The first-order chi connectivity index (χ1) is 6.66. The number of halogens is 1. The second kappa shape index (κ2) is 5.16. The van der Waals surface area contributed by atoms with Crippen molar-refractivity contribution in [2.24, 2.45) is 5.92 Å². The molecule has 0 spiro atoms. The monoisotopic (exact) mass is 210 g/mol. The lowest BCUT2D eigenvalue weighted by molar-refractivity contribution is -0.122. The second-order valence-corrected chi connectivity index (χ2v) is 3.89. The van der Waals surface area contributed by atoms with Gasteiger partial charge in [0.2, 0.25) is 0 Å². The molecule has 1 aromatic rings. The number of hydrogen-bond donors (Lipinski definition) is 0. The summed E-state index contributed by atoms with van der Waals surface area (Å²) in [6, 6.07) is 9.73. The Morgan fingerprint density at radius 1 is 1.36 bits per heavy atom. The van der Waals surface area contributed by atoms with E-state index in [9.17, 15) is 4.79 Å². The van der Waals surface area contributed by atoms with Crippen molar-refractivity contribution < 1.29 is 4.79 Å². The molecule has 0 aromatic heterocycles. The predicted octanol–water partition coefficient (Wildman–Crippen LogP) is 3.58. The van der Waals surface area contributed by atoms with Crippen molar-refractivity contribution >= 4 is 17.4 Å². The van der Waals surface area contributed by atoms with Gasteiger partial charge in [-0.1, -0.05) is 44.2 Å². The first kappa shape index (κ1) is 11.3. The first-order valence-electron chi connectivity index (χ1n) is 4.88. The second-order valence-electron chi connectivity index (χ2n) is 3.42. The lowest BCUT2D eigenvalue weighted by atomic mass is 9.95. The van der Waals surface area contributed by atoms with Gasteiger partial charge in [-0.05, 0) is 5.56 Å². The SMILES string of the molecule is CCC(=O)C(C)C(Cl)c1ccccc1. The van der Waals surface area contributed by atoms with Crippen LogP contribution in [-0.4, -0.2) is 5.78 Å². The fourth-order valence-electron chi connectivity index (χ4n) is 1.41. The van der Waals surface area contributed by atoms with E-state index in [1.165, 1.54) is 0 Å². The molecule has 2 atom stereocenters. The summed E-state index contributed by atoms with van der Waals surface area (Å²) in [5, 5.41) is -0.205. The molecule has 0 bridgehead atoms. The molecule has 0 fully saturated rings. The molecule has 0 amide bonds. The number of carbonyl (C=O) groups is 1. The van der Waals surface area contributed by atoms with E-state index in [2.05, 4.69) is 0 Å². The minimum absolute atomic E-state index is 0.107. The van der Waals surface area contributed by atoms with Crippen molar-refractivity contribution in [2.45, 2.75) is 25.6 Å². The molecule has 0 heterocycles. The van der Waals surface area contributed by atoms with Crippen molar-refractivity contribution in [2.75, 3.05) is 0 Å². The number of carbonyl (C=O) groups excluding carboxylic acids is 1. The van der Waals surface area contributed by atoms with Crippen LogP contribution in [0.3, 0.4) is 0 Å². The van der Waals surface area contributed by atoms with Crippen LogP contribution in [-0.2, 0) is 4.79 Å². The van der Waals surface area contributed by atoms with Crippen molar-refractivity contribution in [3.05, 3.63) is 35.9 Å². The summed E-state index contributed by atoms with van der Waals surface area (Å²) in [5.41, 5.74) is 1.02. The molecule has 0 aliphatic heterocycles. The lowest BCUT2D eigenvalue weighted by Crippen LogP contribution is -2.14. The smallest absolute Gasteiger partial charge is 0.137 e. The van der Waals surface area contributed by atoms with E-state index in [1.807, 2.05) is 44.2 Å². The predicted molar refractivity (Wildman–Crippen MR) is 59.5 cm³/mol. The van der Waals surface area contributed by atoms with Gasteiger partial charge in [0, 0.05) is 12.3 Å². The van der Waals surface area contributed by atoms with Crippen LogP contribution in [0.25, 0.3) is 0 Å². The van der Waals surface area contributed by atoms with E-state index < -0.39 is 0 Å². The third-order valence-corrected chi connectivity index (χ3v) is 3.04. The number of alkyl halides is 1. The summed E-state index contributed by atoms with van der Waals surface area (Å²) in [5.74, 6) is 0.109. The fourth-order valence-corrected chi connectivity index (χ4v) is 1.70. The normalized spacial score (nSPS) is 14.8. The Kier molecular flexibility index (Phi) is 4.15. The van der Waals surface area contributed by atoms with Gasteiger partial charge in [0.25, 0.3) is 0 Å². The highest BCUT2D eigenvalue weighted by molar-refractivity contribution is 6.22. The van der Waals surface area contributed by atoms with E-state index in [-0.39, 0.29) is 17.1 Å². The van der Waals surface area contributed by atoms with Gasteiger partial charge < -0.3 is 0 Å². The molecule has 0 aliphatic rings. The number of Topliss-reactive ketones (excluding diaryl/α,β-unsaturated/α-hetero) is 1. The summed E-state index contributed by atoms with van der Waals surface area (Å²) in [6.45, 7) is 3.75. The highest BCUT2D eigenvalue weighted by atomic mass is 35.5. The zero-order valence-electron chi connectivity index (χ0n) is 8.53. The largest absolute Gasteiger partial charge is 0.299 e. The molecule has 1 nitrogen and oxygen atoms in total. The number of rotatable bonds is 4. The van der Waals surface area contributed by atoms with Crippen molar-refractivity contribution in [3.63, 3.8) is 0 Å². The molecular weight excluding hydrogens is 196 g/mol. The minimum atomic E-state index is -0.205. The van der Waals surface area contributed by atoms with Gasteiger partial charge in [-0.2, -0.15) is 0 Å². The van der Waals surface area contributed by atoms with Gasteiger partial charge in [-0.3, -0.25) is 4.79 Å². The molecule has 76 valence electrons. The van der Waals surface area contributed by atoms with Crippen LogP contribution in [0.2, 0.25) is 0 Å². The van der Waals surface area contributed by atoms with Crippen LogP contribution >= 0.6 is 11.6 Å². The quantitative estimate of drug-likeness (QED) is 0.695. The highest BCUT2D eigenvalue weighted by Crippen LogP contribution is 2.29. The molecule has 2 heteroatoms. The van der Waals surface area contributed by atoms with E-state index in [1.54, 1.807) is 0 Å². The Hall–Kier alpha value is -0.820. The topological polar surface area (TPSA) is 17.1 Å². The van der Waals surface area contributed by atoms with E-state index in [0.717, 1.165) is 5.56 Å². The highest BCUT2D eigenvalue weighted by Gasteiger charge is 2.21. The van der Waals surface area contributed by atoms with Crippen LogP contribution in [0.5, 0.6) is 0 Å². The number of hydrogen-bond acceptors (Lipinski definition) is 1.